The third-order valence-electron chi connectivity index (χ3n) is 11.6. The average Bonchev–Trinajstić information content (AvgIpc) is 4.01. The molecule has 4 N–H and O–H groups in total. The lowest BCUT2D eigenvalue weighted by Gasteiger charge is -2.30. The lowest BCUT2D eigenvalue weighted by atomic mass is 9.99. The number of nitrogens with one attached hydrogen (secondary N) is 4. The number of carbonyl (C=O) groups is 4. The fourth-order valence-electron chi connectivity index (χ4n) is 8.45. The topological polar surface area (TPSA) is 175 Å². The summed E-state index contributed by atoms with van der Waals surface area (Å²) in [6, 6.07) is 15.7. The maximum atomic E-state index is 15.0. The van der Waals surface area contributed by atoms with Crippen LogP contribution in [0.25, 0.3) is 44.2 Å². The number of alkyl halides is 2. The van der Waals surface area contributed by atoms with E-state index in [-0.39, 0.29) is 29.6 Å². The van der Waals surface area contributed by atoms with Crippen LogP contribution in [0.3, 0.4) is 0 Å². The van der Waals surface area contributed by atoms with Gasteiger partial charge in [0.15, 0.2) is 0 Å². The van der Waals surface area contributed by atoms with Gasteiger partial charge in [-0.2, -0.15) is 0 Å². The maximum Gasteiger partial charge on any atom is 0.407 e. The Morgan fingerprint density at radius 3 is 2.02 bits per heavy atom. The Morgan fingerprint density at radius 1 is 0.800 bits per heavy atom. The Kier molecular flexibility index (Phi) is 11.5. The van der Waals surface area contributed by atoms with E-state index in [0.29, 0.717) is 23.0 Å². The first kappa shape index (κ1) is 42.3. The zero-order valence-electron chi connectivity index (χ0n) is 35.1. The first-order valence-electron chi connectivity index (χ1n) is 20.1. The normalized spacial score (nSPS) is 19.5. The maximum absolute atomic E-state index is 15.0. The van der Waals surface area contributed by atoms with Crippen molar-refractivity contribution >= 4 is 53.9 Å². The number of likely N-dealkylation sites (tertiary alicyclic amines) is 1. The van der Waals surface area contributed by atoms with Crippen molar-refractivity contribution in [1.29, 1.82) is 0 Å². The van der Waals surface area contributed by atoms with E-state index in [1.807, 2.05) is 67.3 Å². The number of carbonyl (C=O) groups excluding carboxylic acids is 4. The fraction of sp³-hybridized carbons (Fsp3) is 0.442. The van der Waals surface area contributed by atoms with Crippen LogP contribution < -0.4 is 10.6 Å². The van der Waals surface area contributed by atoms with E-state index in [1.54, 1.807) is 20.0 Å². The number of rotatable bonds is 10. The minimum atomic E-state index is -3.14. The minimum Gasteiger partial charge on any atom is -0.453 e. The Bertz CT molecular complexity index is 2430. The van der Waals surface area contributed by atoms with Gasteiger partial charge >= 0.3 is 12.2 Å². The predicted molar refractivity (Wildman–Crippen MR) is 226 cm³/mol. The number of fused-ring (bicyclic) bond motifs is 3. The van der Waals surface area contributed by atoms with Gasteiger partial charge in [-0.1, -0.05) is 83.3 Å². The number of ether oxygens (including phenoxy) is 2. The third kappa shape index (κ3) is 8.44. The molecule has 60 heavy (non-hydrogen) atoms. The molecule has 0 spiro atoms. The molecule has 2 aromatic heterocycles. The van der Waals surface area contributed by atoms with Crippen molar-refractivity contribution in [1.82, 2.24) is 40.4 Å². The van der Waals surface area contributed by atoms with Crippen LogP contribution in [0.15, 0.2) is 60.8 Å². The summed E-state index contributed by atoms with van der Waals surface area (Å²) in [6.07, 6.45) is 0.380. The molecule has 2 aliphatic rings. The molecule has 318 valence electrons. The van der Waals surface area contributed by atoms with Crippen molar-refractivity contribution < 1.29 is 37.4 Å². The molecule has 0 radical (unpaired) electrons. The van der Waals surface area contributed by atoms with Gasteiger partial charge in [-0.3, -0.25) is 9.59 Å². The first-order chi connectivity index (χ1) is 28.4. The number of hydrogen-bond acceptors (Lipinski definition) is 8. The van der Waals surface area contributed by atoms with Gasteiger partial charge < -0.3 is 39.9 Å². The molecule has 17 heteroatoms. The summed E-state index contributed by atoms with van der Waals surface area (Å²) in [6.45, 7) is 11.0. The van der Waals surface area contributed by atoms with Gasteiger partial charge in [0.2, 0.25) is 11.8 Å². The van der Waals surface area contributed by atoms with Crippen molar-refractivity contribution in [2.75, 3.05) is 26.9 Å². The largest absolute Gasteiger partial charge is 0.453 e. The second kappa shape index (κ2) is 16.3. The van der Waals surface area contributed by atoms with Crippen molar-refractivity contribution in [2.45, 2.75) is 83.3 Å². The van der Waals surface area contributed by atoms with Gasteiger partial charge in [-0.05, 0) is 52.1 Å². The van der Waals surface area contributed by atoms with Crippen LogP contribution in [0.1, 0.15) is 57.8 Å². The molecule has 0 bridgehead atoms. The lowest BCUT2D eigenvalue weighted by molar-refractivity contribution is -0.137. The Balaban J connectivity index is 1.11. The number of aromatic nitrogens is 4. The number of nitrogens with zero attached hydrogens (tertiary/aromatic N) is 4. The molecule has 2 aliphatic heterocycles. The SMILES string of the molecule is COC(=O)N[C@H](C(=O)N1C[Si](C)(C)CC1c1ncc(-c2ccc(-c3ccc4c(ccc5[nH]c([C@@H]6CC(F)(F)CN6C(=O)[C@@H](NC(=O)OC)C(C)C)nc54)c3)cc2)[nH]1)C(C)C. The lowest BCUT2D eigenvalue weighted by Crippen LogP contribution is -2.52. The highest BCUT2D eigenvalue weighted by Gasteiger charge is 2.50. The van der Waals surface area contributed by atoms with E-state index >= 15 is 0 Å². The van der Waals surface area contributed by atoms with E-state index in [9.17, 15) is 28.0 Å². The summed E-state index contributed by atoms with van der Waals surface area (Å²) >= 11 is 0. The molecule has 4 heterocycles. The average molecular weight is 843 g/mol. The number of imidazole rings is 2. The van der Waals surface area contributed by atoms with Crippen LogP contribution in [0.2, 0.25) is 19.1 Å². The molecule has 0 aliphatic carbocycles. The van der Waals surface area contributed by atoms with Crippen LogP contribution in [-0.2, 0) is 19.1 Å². The molecule has 4 amide bonds. The molecule has 7 rings (SSSR count). The zero-order chi connectivity index (χ0) is 43.3. The number of benzene rings is 3. The molecular formula is C43H52F2N8O6Si. The third-order valence-corrected chi connectivity index (χ3v) is 14.3. The summed E-state index contributed by atoms with van der Waals surface area (Å²) in [5.74, 6) is -3.47. The van der Waals surface area contributed by atoms with Gasteiger partial charge in [-0.25, -0.2) is 28.3 Å². The smallest absolute Gasteiger partial charge is 0.407 e. The van der Waals surface area contributed by atoms with Crippen molar-refractivity contribution in [3.05, 3.63) is 72.4 Å². The standard InChI is InChI=1S/C43H52F2N8O6Si/c1-23(2)34(50-41(56)58-5)39(54)52-21-43(44,45)18-32(52)38-47-30-16-14-28-17-27(13-15-29(28)36(30)49-38)25-9-11-26(12-10-25)31-19-46-37(48-31)33-20-60(7,8)22-53(33)40(55)35(24(3)4)51-42(57)59-6/h9-17,19,23-24,32-35H,18,20-22H2,1-8H3,(H,46,48)(H,47,49)(H,50,56)(H,51,57)/t32-,33?,34-,35-/m0/s1. The summed E-state index contributed by atoms with van der Waals surface area (Å²) in [5.41, 5.74) is 4.94. The summed E-state index contributed by atoms with van der Waals surface area (Å²) < 4.78 is 39.4. The minimum absolute atomic E-state index is 0.136. The van der Waals surface area contributed by atoms with Crippen LogP contribution in [0, 0.1) is 11.8 Å². The van der Waals surface area contributed by atoms with Gasteiger partial charge in [0.25, 0.3) is 5.92 Å². The fourth-order valence-corrected chi connectivity index (χ4v) is 11.3. The monoisotopic (exact) mass is 842 g/mol. The van der Waals surface area contributed by atoms with E-state index in [2.05, 4.69) is 44.5 Å². The highest BCUT2D eigenvalue weighted by Crippen LogP contribution is 2.42. The van der Waals surface area contributed by atoms with E-state index in [1.165, 1.54) is 14.2 Å². The Hall–Kier alpha value is -5.84. The van der Waals surface area contributed by atoms with Gasteiger partial charge in [-0.15, -0.1) is 0 Å². The molecule has 2 saturated heterocycles. The second-order valence-electron chi connectivity index (χ2n) is 17.4. The number of amides is 4. The van der Waals surface area contributed by atoms with Gasteiger partial charge in [0.05, 0.1) is 63.8 Å². The molecule has 0 saturated carbocycles. The van der Waals surface area contributed by atoms with Crippen molar-refractivity contribution in [3.63, 3.8) is 0 Å². The van der Waals surface area contributed by atoms with Crippen molar-refractivity contribution in [3.8, 4) is 22.4 Å². The molecule has 14 nitrogen and oxygen atoms in total. The van der Waals surface area contributed by atoms with E-state index < -0.39 is 63.2 Å². The molecular weight excluding hydrogens is 791 g/mol. The second-order valence-corrected chi connectivity index (χ2v) is 22.4. The molecule has 5 aromatic rings. The Morgan fingerprint density at radius 2 is 1.40 bits per heavy atom. The van der Waals surface area contributed by atoms with Crippen LogP contribution in [0.4, 0.5) is 18.4 Å². The first-order valence-corrected chi connectivity index (χ1v) is 23.6. The van der Waals surface area contributed by atoms with Crippen molar-refractivity contribution in [2.24, 2.45) is 11.8 Å². The predicted octanol–water partition coefficient (Wildman–Crippen LogP) is 7.57. The van der Waals surface area contributed by atoms with E-state index in [0.717, 1.165) is 44.1 Å². The van der Waals surface area contributed by atoms with Crippen LogP contribution in [0.5, 0.6) is 0 Å². The quantitative estimate of drug-likeness (QED) is 0.104. The number of hydrogen-bond donors (Lipinski definition) is 4. The molecule has 4 atom stereocenters. The highest BCUT2D eigenvalue weighted by atomic mass is 28.3. The van der Waals surface area contributed by atoms with Crippen LogP contribution >= 0.6 is 0 Å². The van der Waals surface area contributed by atoms with Gasteiger partial charge in [0.1, 0.15) is 23.7 Å². The zero-order valence-corrected chi connectivity index (χ0v) is 36.1. The molecule has 1 unspecified atom stereocenters. The molecule has 2 fully saturated rings. The highest BCUT2D eigenvalue weighted by molar-refractivity contribution is 6.78. The number of halogens is 2. The number of aromatic amines is 2. The van der Waals surface area contributed by atoms with Gasteiger partial charge in [0, 0.05) is 18.0 Å². The van der Waals surface area contributed by atoms with Crippen LogP contribution in [-0.4, -0.2) is 107 Å². The summed E-state index contributed by atoms with van der Waals surface area (Å²) in [4.78, 5) is 70.8. The number of H-pyrrole nitrogens is 2. The summed E-state index contributed by atoms with van der Waals surface area (Å²) in [5, 5.41) is 6.94. The number of alkyl carbamates (subject to hydrolysis) is 2. The Labute approximate surface area is 347 Å². The van der Waals surface area contributed by atoms with E-state index in [4.69, 9.17) is 14.7 Å². The molecule has 3 aromatic carbocycles. The summed E-state index contributed by atoms with van der Waals surface area (Å²) in [7, 11) is 0.678. The number of methoxy groups -OCH3 is 2.